The first-order valence-corrected chi connectivity index (χ1v) is 6.99. The third-order valence-corrected chi connectivity index (χ3v) is 3.90. The summed E-state index contributed by atoms with van der Waals surface area (Å²) in [6.07, 6.45) is 0. The number of anilines is 1. The molecule has 0 unspecified atom stereocenters. The van der Waals surface area contributed by atoms with Crippen molar-refractivity contribution in [3.63, 3.8) is 0 Å². The number of hydrogen-bond acceptors (Lipinski definition) is 9. The lowest BCUT2D eigenvalue weighted by Gasteiger charge is -1.95. The van der Waals surface area contributed by atoms with Gasteiger partial charge in [0.1, 0.15) is 4.92 Å². The van der Waals surface area contributed by atoms with Gasteiger partial charge in [-0.3, -0.25) is 25.0 Å². The molecule has 0 saturated heterocycles. The fourth-order valence-electron chi connectivity index (χ4n) is 1.15. The second-order valence-corrected chi connectivity index (χ2v) is 5.60. The van der Waals surface area contributed by atoms with Crippen molar-refractivity contribution in [2.75, 3.05) is 11.1 Å². The molecule has 0 radical (unpaired) electrons. The van der Waals surface area contributed by atoms with Crippen molar-refractivity contribution < 1.29 is 24.0 Å². The number of carboxylic acid groups (broad SMARTS) is 1. The van der Waals surface area contributed by atoms with Gasteiger partial charge in [-0.05, 0) is 6.07 Å². The number of furan rings is 1. The Labute approximate surface area is 124 Å². The van der Waals surface area contributed by atoms with E-state index in [1.165, 1.54) is 0 Å². The number of carbonyl (C=O) groups is 2. The molecule has 12 heteroatoms. The Hall–Kier alpha value is -2.47. The molecule has 110 valence electrons. The van der Waals surface area contributed by atoms with Gasteiger partial charge < -0.3 is 9.52 Å². The van der Waals surface area contributed by atoms with Gasteiger partial charge in [0.05, 0.1) is 11.8 Å². The van der Waals surface area contributed by atoms with E-state index >= 15 is 0 Å². The highest BCUT2D eigenvalue weighted by Crippen LogP contribution is 2.26. The maximum absolute atomic E-state index is 11.7. The average Bonchev–Trinajstić information content (AvgIpc) is 3.05. The second-order valence-electron chi connectivity index (χ2n) is 3.40. The lowest BCUT2D eigenvalue weighted by Crippen LogP contribution is -2.10. The Balaban J connectivity index is 1.98. The lowest BCUT2D eigenvalue weighted by molar-refractivity contribution is -0.402. The number of nitro groups is 1. The summed E-state index contributed by atoms with van der Waals surface area (Å²) < 4.78 is 5.10. The fourth-order valence-corrected chi connectivity index (χ4v) is 2.62. The summed E-state index contributed by atoms with van der Waals surface area (Å²) in [4.78, 5) is 31.8. The molecule has 2 rings (SSSR count). The third-order valence-electron chi connectivity index (χ3n) is 1.94. The summed E-state index contributed by atoms with van der Waals surface area (Å²) in [7, 11) is 0. The minimum absolute atomic E-state index is 0.131. The summed E-state index contributed by atoms with van der Waals surface area (Å²) in [5.74, 6) is -2.67. The van der Waals surface area contributed by atoms with Crippen molar-refractivity contribution in [3.8, 4) is 0 Å². The molecular formula is C9H6N4O6S2. The van der Waals surface area contributed by atoms with E-state index in [1.54, 1.807) is 0 Å². The molecule has 0 atom stereocenters. The van der Waals surface area contributed by atoms with Crippen molar-refractivity contribution in [1.29, 1.82) is 0 Å². The molecule has 0 bridgehead atoms. The van der Waals surface area contributed by atoms with Crippen LogP contribution in [-0.4, -0.2) is 37.9 Å². The van der Waals surface area contributed by atoms with Gasteiger partial charge >= 0.3 is 11.9 Å². The topological polar surface area (TPSA) is 148 Å². The maximum atomic E-state index is 11.7. The molecule has 0 aromatic carbocycles. The number of carbonyl (C=O) groups excluding carboxylic acids is 1. The van der Waals surface area contributed by atoms with E-state index in [4.69, 9.17) is 9.52 Å². The first kappa shape index (κ1) is 14.9. The SMILES string of the molecule is O=C(O)CSc1nnc(NC(=O)c2ccc([N+](=O)[O-])o2)s1. The molecule has 0 aliphatic heterocycles. The molecule has 0 saturated carbocycles. The van der Waals surface area contributed by atoms with Crippen LogP contribution in [0.15, 0.2) is 20.9 Å². The van der Waals surface area contributed by atoms with E-state index in [-0.39, 0.29) is 16.6 Å². The van der Waals surface area contributed by atoms with Crippen molar-refractivity contribution in [3.05, 3.63) is 28.0 Å². The van der Waals surface area contributed by atoms with Crippen molar-refractivity contribution in [1.82, 2.24) is 10.2 Å². The van der Waals surface area contributed by atoms with Gasteiger partial charge in [-0.2, -0.15) is 0 Å². The van der Waals surface area contributed by atoms with Gasteiger partial charge in [-0.1, -0.05) is 23.1 Å². The van der Waals surface area contributed by atoms with Crippen molar-refractivity contribution in [2.24, 2.45) is 0 Å². The molecule has 10 nitrogen and oxygen atoms in total. The van der Waals surface area contributed by atoms with Crippen LogP contribution in [-0.2, 0) is 4.79 Å². The van der Waals surface area contributed by atoms with Crippen LogP contribution in [0.3, 0.4) is 0 Å². The van der Waals surface area contributed by atoms with Gasteiger partial charge in [0.15, 0.2) is 10.1 Å². The summed E-state index contributed by atoms with van der Waals surface area (Å²) in [6, 6.07) is 2.22. The van der Waals surface area contributed by atoms with Crippen LogP contribution in [0.25, 0.3) is 0 Å². The predicted octanol–water partition coefficient (Wildman–Crippen LogP) is 1.47. The van der Waals surface area contributed by atoms with Gasteiger partial charge in [0.2, 0.25) is 5.13 Å². The minimum atomic E-state index is -0.997. The van der Waals surface area contributed by atoms with E-state index in [0.29, 0.717) is 4.34 Å². The highest BCUT2D eigenvalue weighted by Gasteiger charge is 2.18. The number of nitrogens with zero attached hydrogens (tertiary/aromatic N) is 3. The summed E-state index contributed by atoms with van der Waals surface area (Å²) >= 11 is 1.94. The number of aliphatic carboxylic acids is 1. The van der Waals surface area contributed by atoms with Gasteiger partial charge in [0, 0.05) is 0 Å². The van der Waals surface area contributed by atoms with E-state index in [1.807, 2.05) is 0 Å². The monoisotopic (exact) mass is 330 g/mol. The number of amides is 1. The minimum Gasteiger partial charge on any atom is -0.481 e. The molecular weight excluding hydrogens is 324 g/mol. The molecule has 21 heavy (non-hydrogen) atoms. The first-order valence-electron chi connectivity index (χ1n) is 5.19. The van der Waals surface area contributed by atoms with Crippen LogP contribution in [0, 0.1) is 10.1 Å². The zero-order chi connectivity index (χ0) is 15.4. The number of rotatable bonds is 6. The Morgan fingerprint density at radius 2 is 2.24 bits per heavy atom. The van der Waals surface area contributed by atoms with Crippen LogP contribution < -0.4 is 5.32 Å². The Kier molecular flexibility index (Phi) is 4.49. The van der Waals surface area contributed by atoms with Crippen molar-refractivity contribution in [2.45, 2.75) is 4.34 Å². The zero-order valence-corrected chi connectivity index (χ0v) is 11.6. The molecule has 0 aliphatic rings. The maximum Gasteiger partial charge on any atom is 0.433 e. The number of thioether (sulfide) groups is 1. The van der Waals surface area contributed by atoms with E-state index in [2.05, 4.69) is 15.5 Å². The Morgan fingerprint density at radius 3 is 2.86 bits per heavy atom. The average molecular weight is 330 g/mol. The van der Waals surface area contributed by atoms with Crippen LogP contribution in [0.1, 0.15) is 10.6 Å². The molecule has 1 amide bonds. The third kappa shape index (κ3) is 4.00. The van der Waals surface area contributed by atoms with Crippen LogP contribution in [0.4, 0.5) is 11.0 Å². The molecule has 2 aromatic heterocycles. The van der Waals surface area contributed by atoms with Gasteiger partial charge in [-0.15, -0.1) is 10.2 Å². The van der Waals surface area contributed by atoms with E-state index in [0.717, 1.165) is 35.2 Å². The number of aromatic nitrogens is 2. The van der Waals surface area contributed by atoms with Crippen molar-refractivity contribution >= 4 is 46.0 Å². The highest BCUT2D eigenvalue weighted by molar-refractivity contribution is 8.01. The zero-order valence-electron chi connectivity index (χ0n) is 10.0. The molecule has 2 heterocycles. The summed E-state index contributed by atoms with van der Waals surface area (Å²) in [6.45, 7) is 0. The second kappa shape index (κ2) is 6.32. The quantitative estimate of drug-likeness (QED) is 0.347. The standard InChI is InChI=1S/C9H6N4O6S2/c14-6(15)3-20-9-12-11-8(21-9)10-7(16)4-1-2-5(19-4)13(17)18/h1-2H,3H2,(H,14,15)(H,10,11,16). The largest absolute Gasteiger partial charge is 0.481 e. The number of hydrogen-bond donors (Lipinski definition) is 2. The van der Waals surface area contributed by atoms with Gasteiger partial charge in [-0.25, -0.2) is 0 Å². The Bertz CT molecular complexity index is 696. The van der Waals surface area contributed by atoms with Crippen LogP contribution >= 0.6 is 23.1 Å². The predicted molar refractivity (Wildman–Crippen MR) is 71.6 cm³/mol. The van der Waals surface area contributed by atoms with E-state index < -0.39 is 22.7 Å². The van der Waals surface area contributed by atoms with Crippen LogP contribution in [0.2, 0.25) is 0 Å². The molecule has 2 aromatic rings. The molecule has 0 aliphatic carbocycles. The molecule has 2 N–H and O–H groups in total. The summed E-state index contributed by atoms with van der Waals surface area (Å²) in [5, 5.41) is 28.8. The first-order chi connectivity index (χ1) is 9.95. The Morgan fingerprint density at radius 1 is 1.48 bits per heavy atom. The van der Waals surface area contributed by atoms with Crippen LogP contribution in [0.5, 0.6) is 0 Å². The molecule has 0 fully saturated rings. The number of nitrogens with one attached hydrogen (secondary N) is 1. The number of carboxylic acids is 1. The van der Waals surface area contributed by atoms with Gasteiger partial charge in [0.25, 0.3) is 5.91 Å². The normalized spacial score (nSPS) is 10.3. The lowest BCUT2D eigenvalue weighted by atomic mass is 10.4. The highest BCUT2D eigenvalue weighted by atomic mass is 32.2. The van der Waals surface area contributed by atoms with E-state index in [9.17, 15) is 19.7 Å². The fraction of sp³-hybridized carbons (Fsp3) is 0.111. The smallest absolute Gasteiger partial charge is 0.433 e. The summed E-state index contributed by atoms with van der Waals surface area (Å²) in [5.41, 5.74) is 0. The molecule has 0 spiro atoms.